The Bertz CT molecular complexity index is 1100. The first-order valence-electron chi connectivity index (χ1n) is 10.6. The first kappa shape index (κ1) is 21.2. The standard InChI is InChI=1S/C24H27FN4O2/c1-16-23(20-8-3-4-9-21(20)26-16)24(31)17(2)29-12-10-28(11-13-29)15-22(30)27-19-7-5-6-18(25)14-19/h3-9,14,17,26H,10-13,15H2,1-2H3,(H,27,30)/t17-/m1/s1. The van der Waals surface area contributed by atoms with Crippen molar-refractivity contribution in [1.29, 1.82) is 0 Å². The van der Waals surface area contributed by atoms with E-state index < -0.39 is 0 Å². The van der Waals surface area contributed by atoms with Crippen LogP contribution in [0.25, 0.3) is 10.9 Å². The van der Waals surface area contributed by atoms with Gasteiger partial charge in [-0.25, -0.2) is 4.39 Å². The zero-order valence-electron chi connectivity index (χ0n) is 17.8. The van der Waals surface area contributed by atoms with Crippen LogP contribution >= 0.6 is 0 Å². The SMILES string of the molecule is Cc1[nH]c2ccccc2c1C(=O)[C@@H](C)N1CCN(CC(=O)Nc2cccc(F)c2)CC1. The average molecular weight is 423 g/mol. The minimum absolute atomic E-state index is 0.118. The number of para-hydroxylation sites is 1. The second-order valence-corrected chi connectivity index (χ2v) is 8.08. The van der Waals surface area contributed by atoms with Crippen LogP contribution in [0.5, 0.6) is 0 Å². The Morgan fingerprint density at radius 1 is 1.10 bits per heavy atom. The Hall–Kier alpha value is -3.03. The summed E-state index contributed by atoms with van der Waals surface area (Å²) < 4.78 is 13.3. The van der Waals surface area contributed by atoms with Crippen LogP contribution in [0.3, 0.4) is 0 Å². The van der Waals surface area contributed by atoms with Gasteiger partial charge in [0.1, 0.15) is 5.82 Å². The number of hydrogen-bond acceptors (Lipinski definition) is 4. The molecule has 7 heteroatoms. The second-order valence-electron chi connectivity index (χ2n) is 8.08. The molecular formula is C24H27FN4O2. The Kier molecular flexibility index (Phi) is 6.15. The van der Waals surface area contributed by atoms with Gasteiger partial charge in [-0.3, -0.25) is 19.4 Å². The van der Waals surface area contributed by atoms with Gasteiger partial charge in [0.05, 0.1) is 12.6 Å². The molecule has 2 N–H and O–H groups in total. The van der Waals surface area contributed by atoms with Crippen LogP contribution in [0, 0.1) is 12.7 Å². The molecule has 3 aromatic rings. The Morgan fingerprint density at radius 3 is 2.58 bits per heavy atom. The number of anilines is 1. The zero-order valence-corrected chi connectivity index (χ0v) is 17.8. The number of Topliss-reactive ketones (excluding diaryl/α,β-unsaturated/α-hetero) is 1. The normalized spacial score (nSPS) is 16.4. The highest BCUT2D eigenvalue weighted by molar-refractivity contribution is 6.11. The maximum Gasteiger partial charge on any atom is 0.238 e. The second kappa shape index (κ2) is 8.99. The van der Waals surface area contributed by atoms with Crippen LogP contribution in [0.15, 0.2) is 48.5 Å². The van der Waals surface area contributed by atoms with Crippen LogP contribution < -0.4 is 5.32 Å². The average Bonchev–Trinajstić information content (AvgIpc) is 3.09. The number of nitrogens with zero attached hydrogens (tertiary/aromatic N) is 2. The molecule has 6 nitrogen and oxygen atoms in total. The summed E-state index contributed by atoms with van der Waals surface area (Å²) in [5.41, 5.74) is 3.09. The number of aromatic nitrogens is 1. The van der Waals surface area contributed by atoms with Crippen LogP contribution in [0.2, 0.25) is 0 Å². The van der Waals surface area contributed by atoms with E-state index in [4.69, 9.17) is 0 Å². The molecule has 2 heterocycles. The van der Waals surface area contributed by atoms with Crippen molar-refractivity contribution in [3.63, 3.8) is 0 Å². The quantitative estimate of drug-likeness (QED) is 0.597. The van der Waals surface area contributed by atoms with E-state index in [1.54, 1.807) is 12.1 Å². The third kappa shape index (κ3) is 4.68. The van der Waals surface area contributed by atoms with Gasteiger partial charge in [-0.1, -0.05) is 24.3 Å². The summed E-state index contributed by atoms with van der Waals surface area (Å²) in [6, 6.07) is 13.5. The highest BCUT2D eigenvalue weighted by atomic mass is 19.1. The number of halogens is 1. The first-order chi connectivity index (χ1) is 14.9. The Labute approximate surface area is 181 Å². The Morgan fingerprint density at radius 2 is 1.84 bits per heavy atom. The number of amides is 1. The van der Waals surface area contributed by atoms with Gasteiger partial charge in [-0.05, 0) is 38.1 Å². The predicted molar refractivity (Wildman–Crippen MR) is 120 cm³/mol. The molecule has 0 spiro atoms. The third-order valence-corrected chi connectivity index (χ3v) is 5.95. The summed E-state index contributed by atoms with van der Waals surface area (Å²) >= 11 is 0. The minimum atomic E-state index is -0.379. The van der Waals surface area contributed by atoms with Crippen molar-refractivity contribution in [3.8, 4) is 0 Å². The van der Waals surface area contributed by atoms with E-state index in [1.807, 2.05) is 38.1 Å². The van der Waals surface area contributed by atoms with Gasteiger partial charge in [0.25, 0.3) is 0 Å². The van der Waals surface area contributed by atoms with E-state index in [0.717, 1.165) is 22.2 Å². The van der Waals surface area contributed by atoms with E-state index >= 15 is 0 Å². The molecule has 1 saturated heterocycles. The molecule has 0 saturated carbocycles. The van der Waals surface area contributed by atoms with E-state index in [0.29, 0.717) is 31.9 Å². The molecule has 162 valence electrons. The van der Waals surface area contributed by atoms with Crippen molar-refractivity contribution < 1.29 is 14.0 Å². The molecule has 4 rings (SSSR count). The van der Waals surface area contributed by atoms with Crippen molar-refractivity contribution in [3.05, 3.63) is 65.6 Å². The molecule has 0 unspecified atom stereocenters. The molecule has 1 aliphatic rings. The lowest BCUT2D eigenvalue weighted by atomic mass is 10.0. The van der Waals surface area contributed by atoms with Crippen molar-refractivity contribution in [2.75, 3.05) is 38.0 Å². The topological polar surface area (TPSA) is 68.4 Å². The van der Waals surface area contributed by atoms with E-state index in [2.05, 4.69) is 20.1 Å². The number of aromatic amines is 1. The number of piperazine rings is 1. The molecule has 1 amide bonds. The van der Waals surface area contributed by atoms with Gasteiger partial charge in [-0.2, -0.15) is 0 Å². The zero-order chi connectivity index (χ0) is 22.0. The number of hydrogen-bond donors (Lipinski definition) is 2. The van der Waals surface area contributed by atoms with Gasteiger partial charge in [0.15, 0.2) is 5.78 Å². The van der Waals surface area contributed by atoms with Crippen LogP contribution in [-0.4, -0.2) is 65.2 Å². The minimum Gasteiger partial charge on any atom is -0.358 e. The number of carbonyl (C=O) groups excluding carboxylic acids is 2. The number of benzene rings is 2. The summed E-state index contributed by atoms with van der Waals surface area (Å²) in [4.78, 5) is 33.1. The lowest BCUT2D eigenvalue weighted by Crippen LogP contribution is -2.53. The van der Waals surface area contributed by atoms with Crippen LogP contribution in [-0.2, 0) is 4.79 Å². The van der Waals surface area contributed by atoms with Gasteiger partial charge in [0, 0.05) is 54.0 Å². The van der Waals surface area contributed by atoms with Gasteiger partial charge in [-0.15, -0.1) is 0 Å². The molecule has 1 fully saturated rings. The Balaban J connectivity index is 1.33. The first-order valence-corrected chi connectivity index (χ1v) is 10.6. The number of H-pyrrole nitrogens is 1. The largest absolute Gasteiger partial charge is 0.358 e. The van der Waals surface area contributed by atoms with Gasteiger partial charge in [0.2, 0.25) is 5.91 Å². The lowest BCUT2D eigenvalue weighted by Gasteiger charge is -2.37. The van der Waals surface area contributed by atoms with Crippen molar-refractivity contribution in [1.82, 2.24) is 14.8 Å². The molecule has 0 radical (unpaired) electrons. The summed E-state index contributed by atoms with van der Waals surface area (Å²) in [6.07, 6.45) is 0. The summed E-state index contributed by atoms with van der Waals surface area (Å²) in [5, 5.41) is 3.69. The number of carbonyl (C=O) groups is 2. The molecule has 1 aromatic heterocycles. The van der Waals surface area contributed by atoms with Crippen LogP contribution in [0.1, 0.15) is 23.0 Å². The highest BCUT2D eigenvalue weighted by Gasteiger charge is 2.29. The molecule has 1 atom stereocenters. The molecule has 2 aromatic carbocycles. The lowest BCUT2D eigenvalue weighted by molar-refractivity contribution is -0.117. The van der Waals surface area contributed by atoms with Crippen molar-refractivity contribution in [2.24, 2.45) is 0 Å². The fraction of sp³-hybridized carbons (Fsp3) is 0.333. The van der Waals surface area contributed by atoms with E-state index in [9.17, 15) is 14.0 Å². The molecule has 31 heavy (non-hydrogen) atoms. The number of aryl methyl sites for hydroxylation is 1. The van der Waals surface area contributed by atoms with Crippen molar-refractivity contribution in [2.45, 2.75) is 19.9 Å². The van der Waals surface area contributed by atoms with Gasteiger partial charge >= 0.3 is 0 Å². The maximum atomic E-state index is 13.3. The van der Waals surface area contributed by atoms with E-state index in [-0.39, 0.29) is 30.1 Å². The smallest absolute Gasteiger partial charge is 0.238 e. The number of nitrogens with one attached hydrogen (secondary N) is 2. The number of rotatable bonds is 6. The van der Waals surface area contributed by atoms with Crippen molar-refractivity contribution >= 4 is 28.3 Å². The summed E-state index contributed by atoms with van der Waals surface area (Å²) in [6.45, 7) is 6.95. The molecule has 0 bridgehead atoms. The summed E-state index contributed by atoms with van der Waals surface area (Å²) in [7, 11) is 0. The summed E-state index contributed by atoms with van der Waals surface area (Å²) in [5.74, 6) is -0.430. The molecule has 0 aliphatic carbocycles. The predicted octanol–water partition coefficient (Wildman–Crippen LogP) is 3.44. The fourth-order valence-corrected chi connectivity index (χ4v) is 4.25. The third-order valence-electron chi connectivity index (χ3n) is 5.95. The maximum absolute atomic E-state index is 13.3. The monoisotopic (exact) mass is 422 g/mol. The molecular weight excluding hydrogens is 395 g/mol. The van der Waals surface area contributed by atoms with Crippen LogP contribution in [0.4, 0.5) is 10.1 Å². The van der Waals surface area contributed by atoms with E-state index in [1.165, 1.54) is 12.1 Å². The number of fused-ring (bicyclic) bond motifs is 1. The molecule has 1 aliphatic heterocycles. The highest BCUT2D eigenvalue weighted by Crippen LogP contribution is 2.24. The van der Waals surface area contributed by atoms with Gasteiger partial charge < -0.3 is 10.3 Å². The number of ketones is 1. The fourth-order valence-electron chi connectivity index (χ4n) is 4.25.